The van der Waals surface area contributed by atoms with E-state index in [0.29, 0.717) is 28.6 Å². The van der Waals surface area contributed by atoms with Crippen molar-refractivity contribution in [2.24, 2.45) is 11.3 Å². The molecule has 10 heteroatoms. The highest BCUT2D eigenvalue weighted by molar-refractivity contribution is 5.97. The van der Waals surface area contributed by atoms with Crippen LogP contribution in [0.25, 0.3) is 11.0 Å². The van der Waals surface area contributed by atoms with Gasteiger partial charge in [-0.2, -0.15) is 0 Å². The van der Waals surface area contributed by atoms with Gasteiger partial charge in [0.25, 0.3) is 5.91 Å². The average Bonchev–Trinajstić information content (AvgIpc) is 3.13. The normalized spacial score (nSPS) is 19.8. The summed E-state index contributed by atoms with van der Waals surface area (Å²) in [6.07, 6.45) is -1.74. The number of aliphatic hydroxyl groups is 1. The molecule has 2 atom stereocenters. The Hall–Kier alpha value is -3.27. The smallest absolute Gasteiger partial charge is 0.406 e. The first kappa shape index (κ1) is 25.8. The minimum absolute atomic E-state index is 0.136. The third-order valence-electron chi connectivity index (χ3n) is 6.42. The molecule has 2 aromatic carbocycles. The highest BCUT2D eigenvalue weighted by atomic mass is 19.4. The molecule has 3 aromatic rings. The Kier molecular flexibility index (Phi) is 7.17. The number of benzene rings is 2. The van der Waals surface area contributed by atoms with E-state index in [0.717, 1.165) is 24.8 Å². The molecule has 194 valence electrons. The van der Waals surface area contributed by atoms with Crippen LogP contribution in [0.3, 0.4) is 0 Å². The number of carbonyl (C=O) groups is 1. The van der Waals surface area contributed by atoms with Gasteiger partial charge in [-0.05, 0) is 73.1 Å². The fraction of sp³-hybridized carbons (Fsp3) is 0.462. The number of aliphatic hydroxyl groups excluding tert-OH is 1. The fourth-order valence-electron chi connectivity index (χ4n) is 5.33. The van der Waals surface area contributed by atoms with Crippen molar-refractivity contribution >= 4 is 28.6 Å². The Morgan fingerprint density at radius 1 is 1.19 bits per heavy atom. The van der Waals surface area contributed by atoms with Crippen LogP contribution in [0.1, 0.15) is 56.4 Å². The SMILES string of the molecule is CC1CC(n2c(Nc3ccc(OC(F)(F)F)cc3)nc3cc(C(=O)NCCO)ccc32)CC(C)(C)C1. The van der Waals surface area contributed by atoms with Crippen molar-refractivity contribution in [3.8, 4) is 5.75 Å². The van der Waals surface area contributed by atoms with Gasteiger partial charge in [-0.25, -0.2) is 4.98 Å². The standard InChI is InChI=1S/C26H31F3N4O3/c1-16-12-19(15-25(2,3)14-16)33-22-9-4-17(23(35)30-10-11-34)13-21(22)32-24(33)31-18-5-7-20(8-6-18)36-26(27,28)29/h4-9,13,16,19,34H,10-12,14-15H2,1-3H3,(H,30,35)(H,31,32). The average molecular weight is 505 g/mol. The summed E-state index contributed by atoms with van der Waals surface area (Å²) in [5.74, 6) is 0.453. The summed E-state index contributed by atoms with van der Waals surface area (Å²) in [6.45, 7) is 6.75. The lowest BCUT2D eigenvalue weighted by molar-refractivity contribution is -0.274. The lowest BCUT2D eigenvalue weighted by Gasteiger charge is -2.40. The van der Waals surface area contributed by atoms with Crippen molar-refractivity contribution in [2.75, 3.05) is 18.5 Å². The van der Waals surface area contributed by atoms with E-state index in [1.54, 1.807) is 12.1 Å². The van der Waals surface area contributed by atoms with Crippen molar-refractivity contribution in [1.82, 2.24) is 14.9 Å². The van der Waals surface area contributed by atoms with E-state index >= 15 is 0 Å². The van der Waals surface area contributed by atoms with Crippen molar-refractivity contribution in [1.29, 1.82) is 0 Å². The van der Waals surface area contributed by atoms with E-state index in [2.05, 4.69) is 40.7 Å². The zero-order valence-corrected chi connectivity index (χ0v) is 20.5. The topological polar surface area (TPSA) is 88.4 Å². The van der Waals surface area contributed by atoms with E-state index in [4.69, 9.17) is 10.1 Å². The number of halogens is 3. The first-order valence-electron chi connectivity index (χ1n) is 12.0. The van der Waals surface area contributed by atoms with Crippen molar-refractivity contribution in [2.45, 2.75) is 52.4 Å². The van der Waals surface area contributed by atoms with Crippen LogP contribution < -0.4 is 15.4 Å². The zero-order chi connectivity index (χ0) is 26.1. The van der Waals surface area contributed by atoms with E-state index in [-0.39, 0.29) is 36.3 Å². The van der Waals surface area contributed by atoms with Gasteiger partial charge in [-0.3, -0.25) is 4.79 Å². The summed E-state index contributed by atoms with van der Waals surface area (Å²) in [6, 6.07) is 11.0. The maximum atomic E-state index is 12.5. The number of fused-ring (bicyclic) bond motifs is 1. The molecule has 1 saturated carbocycles. The van der Waals surface area contributed by atoms with Crippen LogP contribution in [0.4, 0.5) is 24.8 Å². The minimum atomic E-state index is -4.76. The Balaban J connectivity index is 1.71. The molecule has 1 amide bonds. The third kappa shape index (κ3) is 6.10. The molecule has 7 nitrogen and oxygen atoms in total. The van der Waals surface area contributed by atoms with Gasteiger partial charge in [0.15, 0.2) is 0 Å². The molecule has 2 unspecified atom stereocenters. The number of ether oxygens (including phenoxy) is 1. The van der Waals surface area contributed by atoms with Crippen LogP contribution in [0, 0.1) is 11.3 Å². The van der Waals surface area contributed by atoms with Crippen LogP contribution in [-0.2, 0) is 0 Å². The van der Waals surface area contributed by atoms with Gasteiger partial charge in [0.2, 0.25) is 5.95 Å². The van der Waals surface area contributed by atoms with Crippen LogP contribution in [0.2, 0.25) is 0 Å². The van der Waals surface area contributed by atoms with Crippen LogP contribution in [-0.4, -0.2) is 40.1 Å². The van der Waals surface area contributed by atoms with Crippen LogP contribution in [0.15, 0.2) is 42.5 Å². The molecule has 1 heterocycles. The second-order valence-electron chi connectivity index (χ2n) is 10.3. The summed E-state index contributed by atoms with van der Waals surface area (Å²) in [4.78, 5) is 17.2. The van der Waals surface area contributed by atoms with E-state index in [1.165, 1.54) is 24.3 Å². The number of alkyl halides is 3. The van der Waals surface area contributed by atoms with Crippen LogP contribution >= 0.6 is 0 Å². The maximum absolute atomic E-state index is 12.5. The largest absolute Gasteiger partial charge is 0.573 e. The molecular weight excluding hydrogens is 473 g/mol. The number of carbonyl (C=O) groups excluding carboxylic acids is 1. The number of hydrogen-bond acceptors (Lipinski definition) is 5. The first-order valence-corrected chi connectivity index (χ1v) is 12.0. The molecule has 0 aliphatic heterocycles. The predicted octanol–water partition coefficient (Wildman–Crippen LogP) is 5.79. The number of anilines is 2. The molecule has 1 aliphatic rings. The minimum Gasteiger partial charge on any atom is -0.406 e. The lowest BCUT2D eigenvalue weighted by Crippen LogP contribution is -2.29. The van der Waals surface area contributed by atoms with E-state index in [9.17, 15) is 18.0 Å². The second-order valence-corrected chi connectivity index (χ2v) is 10.3. The van der Waals surface area contributed by atoms with Gasteiger partial charge >= 0.3 is 6.36 Å². The molecule has 1 aromatic heterocycles. The monoisotopic (exact) mass is 504 g/mol. The number of nitrogens with zero attached hydrogens (tertiary/aromatic N) is 2. The van der Waals surface area contributed by atoms with Gasteiger partial charge < -0.3 is 25.0 Å². The number of nitrogens with one attached hydrogen (secondary N) is 2. The van der Waals surface area contributed by atoms with Crippen molar-refractivity contribution in [3.05, 3.63) is 48.0 Å². The highest BCUT2D eigenvalue weighted by Crippen LogP contribution is 2.46. The number of amides is 1. The van der Waals surface area contributed by atoms with Crippen molar-refractivity contribution < 1.29 is 27.8 Å². The van der Waals surface area contributed by atoms with Crippen molar-refractivity contribution in [3.63, 3.8) is 0 Å². The van der Waals surface area contributed by atoms with Gasteiger partial charge in [-0.15, -0.1) is 13.2 Å². The number of rotatable bonds is 7. The zero-order valence-electron chi connectivity index (χ0n) is 20.5. The molecule has 1 aliphatic carbocycles. The fourth-order valence-corrected chi connectivity index (χ4v) is 5.33. The highest BCUT2D eigenvalue weighted by Gasteiger charge is 2.35. The first-order chi connectivity index (χ1) is 16.9. The van der Waals surface area contributed by atoms with Gasteiger partial charge in [0.1, 0.15) is 5.75 Å². The number of imidazole rings is 1. The molecule has 0 spiro atoms. The van der Waals surface area contributed by atoms with Gasteiger partial charge in [-0.1, -0.05) is 20.8 Å². The van der Waals surface area contributed by atoms with E-state index < -0.39 is 6.36 Å². The summed E-state index contributed by atoms with van der Waals surface area (Å²) < 4.78 is 43.7. The lowest BCUT2D eigenvalue weighted by atomic mass is 9.70. The Morgan fingerprint density at radius 2 is 1.92 bits per heavy atom. The third-order valence-corrected chi connectivity index (χ3v) is 6.42. The van der Waals surface area contributed by atoms with Gasteiger partial charge in [0.05, 0.1) is 17.6 Å². The molecule has 0 bridgehead atoms. The molecule has 0 saturated heterocycles. The molecular formula is C26H31F3N4O3. The summed E-state index contributed by atoms with van der Waals surface area (Å²) in [7, 11) is 0. The predicted molar refractivity (Wildman–Crippen MR) is 131 cm³/mol. The summed E-state index contributed by atoms with van der Waals surface area (Å²) in [5, 5.41) is 14.9. The Bertz CT molecular complexity index is 1220. The summed E-state index contributed by atoms with van der Waals surface area (Å²) >= 11 is 0. The van der Waals surface area contributed by atoms with E-state index in [1.807, 2.05) is 6.07 Å². The molecule has 3 N–H and O–H groups in total. The van der Waals surface area contributed by atoms with Gasteiger partial charge in [0, 0.05) is 23.8 Å². The molecule has 0 radical (unpaired) electrons. The second kappa shape index (κ2) is 10.0. The quantitative estimate of drug-likeness (QED) is 0.379. The summed E-state index contributed by atoms with van der Waals surface area (Å²) in [5.41, 5.74) is 2.62. The maximum Gasteiger partial charge on any atom is 0.573 e. The number of aromatic nitrogens is 2. The van der Waals surface area contributed by atoms with Crippen LogP contribution in [0.5, 0.6) is 5.75 Å². The molecule has 36 heavy (non-hydrogen) atoms. The Labute approximate surface area is 207 Å². The number of hydrogen-bond donors (Lipinski definition) is 3. The molecule has 4 rings (SSSR count). The Morgan fingerprint density at radius 3 is 2.56 bits per heavy atom. The molecule has 1 fully saturated rings.